The fourth-order valence-corrected chi connectivity index (χ4v) is 1.59. The quantitative estimate of drug-likeness (QED) is 0.492. The van der Waals surface area contributed by atoms with E-state index in [1.807, 2.05) is 12.1 Å². The van der Waals surface area contributed by atoms with Gasteiger partial charge in [-0.05, 0) is 24.3 Å². The Morgan fingerprint density at radius 1 is 1.19 bits per heavy atom. The molecule has 0 saturated carbocycles. The second-order valence-electron chi connectivity index (χ2n) is 3.17. The zero-order valence-corrected chi connectivity index (χ0v) is 9.09. The second kappa shape index (κ2) is 4.77. The van der Waals surface area contributed by atoms with Crippen LogP contribution in [0.5, 0.6) is 0 Å². The molecule has 0 aliphatic rings. The van der Waals surface area contributed by atoms with Crippen LogP contribution in [0.4, 0.5) is 0 Å². The Morgan fingerprint density at radius 3 is 2.69 bits per heavy atom. The molecule has 16 heavy (non-hydrogen) atoms. The first-order valence-corrected chi connectivity index (χ1v) is 5.08. The van der Waals surface area contributed by atoms with E-state index < -0.39 is 0 Å². The van der Waals surface area contributed by atoms with Crippen LogP contribution in [-0.4, -0.2) is 15.9 Å². The molecule has 3 nitrogen and oxygen atoms in total. The Morgan fingerprint density at radius 2 is 2.06 bits per heavy atom. The van der Waals surface area contributed by atoms with Crippen LogP contribution < -0.4 is 0 Å². The van der Waals surface area contributed by atoms with Crippen LogP contribution in [-0.2, 0) is 0 Å². The molecule has 0 bridgehead atoms. The normalized spacial score (nSPS) is 11.4. The van der Waals surface area contributed by atoms with Crippen LogP contribution in [0.1, 0.15) is 11.3 Å². The van der Waals surface area contributed by atoms with Crippen molar-refractivity contribution in [3.8, 4) is 0 Å². The molecule has 0 saturated heterocycles. The number of oxime groups is 1. The van der Waals surface area contributed by atoms with Gasteiger partial charge in [0.15, 0.2) is 0 Å². The van der Waals surface area contributed by atoms with E-state index in [0.29, 0.717) is 16.4 Å². The van der Waals surface area contributed by atoms with Crippen molar-refractivity contribution < 1.29 is 5.21 Å². The van der Waals surface area contributed by atoms with E-state index in [9.17, 15) is 0 Å². The highest BCUT2D eigenvalue weighted by atomic mass is 35.5. The molecular formula is C12H9ClN2O. The molecule has 4 heteroatoms. The molecule has 1 aromatic carbocycles. The fraction of sp³-hybridized carbons (Fsp3) is 0. The van der Waals surface area contributed by atoms with Crippen molar-refractivity contribution in [2.24, 2.45) is 5.16 Å². The number of aromatic nitrogens is 1. The van der Waals surface area contributed by atoms with E-state index >= 15 is 0 Å². The molecular weight excluding hydrogens is 224 g/mol. The lowest BCUT2D eigenvalue weighted by molar-refractivity contribution is 0.319. The molecule has 2 rings (SSSR count). The van der Waals surface area contributed by atoms with Crippen LogP contribution in [0.25, 0.3) is 0 Å². The van der Waals surface area contributed by atoms with Crippen molar-refractivity contribution >= 4 is 17.3 Å². The first kappa shape index (κ1) is 10.6. The molecule has 0 unspecified atom stereocenters. The topological polar surface area (TPSA) is 45.5 Å². The van der Waals surface area contributed by atoms with E-state index in [4.69, 9.17) is 16.8 Å². The zero-order valence-electron chi connectivity index (χ0n) is 8.34. The first-order valence-electron chi connectivity index (χ1n) is 4.70. The molecule has 0 fully saturated rings. The van der Waals surface area contributed by atoms with Gasteiger partial charge in [-0.1, -0.05) is 35.0 Å². The van der Waals surface area contributed by atoms with Crippen molar-refractivity contribution in [2.45, 2.75) is 0 Å². The van der Waals surface area contributed by atoms with Crippen LogP contribution in [0.3, 0.4) is 0 Å². The SMILES string of the molecule is O/N=C(\c1cccc(Cl)c1)c1ccccn1. The van der Waals surface area contributed by atoms with Crippen LogP contribution >= 0.6 is 11.6 Å². The van der Waals surface area contributed by atoms with E-state index in [0.717, 1.165) is 5.56 Å². The van der Waals surface area contributed by atoms with Crippen LogP contribution in [0.2, 0.25) is 5.02 Å². The third-order valence-electron chi connectivity index (χ3n) is 2.11. The number of hydrogen-bond donors (Lipinski definition) is 1. The smallest absolute Gasteiger partial charge is 0.135 e. The van der Waals surface area contributed by atoms with Crippen molar-refractivity contribution in [3.05, 3.63) is 64.9 Å². The minimum Gasteiger partial charge on any atom is -0.410 e. The highest BCUT2D eigenvalue weighted by molar-refractivity contribution is 6.31. The van der Waals surface area contributed by atoms with Gasteiger partial charge in [-0.25, -0.2) is 0 Å². The number of halogens is 1. The fourth-order valence-electron chi connectivity index (χ4n) is 1.40. The van der Waals surface area contributed by atoms with Crippen molar-refractivity contribution in [2.75, 3.05) is 0 Å². The van der Waals surface area contributed by atoms with Crippen molar-refractivity contribution in [1.82, 2.24) is 4.98 Å². The molecule has 1 N–H and O–H groups in total. The highest BCUT2D eigenvalue weighted by Crippen LogP contribution is 2.14. The first-order chi connectivity index (χ1) is 7.81. The van der Waals surface area contributed by atoms with Gasteiger partial charge >= 0.3 is 0 Å². The summed E-state index contributed by atoms with van der Waals surface area (Å²) in [5, 5.41) is 12.9. The summed E-state index contributed by atoms with van der Waals surface area (Å²) in [5.74, 6) is 0. The summed E-state index contributed by atoms with van der Waals surface area (Å²) in [5.41, 5.74) is 1.74. The van der Waals surface area contributed by atoms with Gasteiger partial charge in [0.05, 0.1) is 5.69 Å². The third-order valence-corrected chi connectivity index (χ3v) is 2.34. The third kappa shape index (κ3) is 2.20. The zero-order chi connectivity index (χ0) is 11.4. The lowest BCUT2D eigenvalue weighted by Gasteiger charge is -2.03. The number of pyridine rings is 1. The minimum absolute atomic E-state index is 0.406. The molecule has 1 heterocycles. The standard InChI is InChI=1S/C12H9ClN2O/c13-10-5-3-4-9(8-10)12(15-16)11-6-1-2-7-14-11/h1-8,16H/b15-12+. The molecule has 0 aliphatic carbocycles. The number of rotatable bonds is 2. The highest BCUT2D eigenvalue weighted by Gasteiger charge is 2.08. The summed E-state index contributed by atoms with van der Waals surface area (Å²) >= 11 is 5.88. The van der Waals surface area contributed by atoms with Gasteiger partial charge in [-0.15, -0.1) is 0 Å². The van der Waals surface area contributed by atoms with E-state index in [2.05, 4.69) is 10.1 Å². The Labute approximate surface area is 98.0 Å². The summed E-state index contributed by atoms with van der Waals surface area (Å²) in [4.78, 5) is 4.12. The number of benzene rings is 1. The average molecular weight is 233 g/mol. The minimum atomic E-state index is 0.406. The van der Waals surface area contributed by atoms with Gasteiger partial charge in [-0.2, -0.15) is 0 Å². The largest absolute Gasteiger partial charge is 0.410 e. The Hall–Kier alpha value is -1.87. The predicted octanol–water partition coefficient (Wildman–Crippen LogP) is 2.96. The van der Waals surface area contributed by atoms with Crippen molar-refractivity contribution in [3.63, 3.8) is 0 Å². The number of hydrogen-bond acceptors (Lipinski definition) is 3. The van der Waals surface area contributed by atoms with E-state index in [1.165, 1.54) is 0 Å². The van der Waals surface area contributed by atoms with Crippen LogP contribution in [0.15, 0.2) is 53.8 Å². The van der Waals surface area contributed by atoms with Gasteiger partial charge in [0, 0.05) is 16.8 Å². The molecule has 1 aromatic heterocycles. The molecule has 2 aromatic rings. The van der Waals surface area contributed by atoms with Crippen molar-refractivity contribution in [1.29, 1.82) is 0 Å². The maximum atomic E-state index is 9.03. The molecule has 0 radical (unpaired) electrons. The summed E-state index contributed by atoms with van der Waals surface area (Å²) < 4.78 is 0. The lowest BCUT2D eigenvalue weighted by atomic mass is 10.1. The maximum absolute atomic E-state index is 9.03. The van der Waals surface area contributed by atoms with Crippen LogP contribution in [0, 0.1) is 0 Å². The molecule has 0 atom stereocenters. The summed E-state index contributed by atoms with van der Waals surface area (Å²) in [7, 11) is 0. The Kier molecular flexibility index (Phi) is 3.17. The molecule has 80 valence electrons. The monoisotopic (exact) mass is 232 g/mol. The molecule has 0 amide bonds. The van der Waals surface area contributed by atoms with Gasteiger partial charge in [0.25, 0.3) is 0 Å². The average Bonchev–Trinajstić information content (AvgIpc) is 2.31. The Balaban J connectivity index is 2.46. The van der Waals surface area contributed by atoms with E-state index in [1.54, 1.807) is 36.5 Å². The second-order valence-corrected chi connectivity index (χ2v) is 3.61. The Bertz CT molecular complexity index is 511. The van der Waals surface area contributed by atoms with Gasteiger partial charge < -0.3 is 5.21 Å². The van der Waals surface area contributed by atoms with Gasteiger partial charge in [-0.3, -0.25) is 4.98 Å². The predicted molar refractivity (Wildman–Crippen MR) is 63.1 cm³/mol. The van der Waals surface area contributed by atoms with Gasteiger partial charge in [0.1, 0.15) is 5.71 Å². The summed E-state index contributed by atoms with van der Waals surface area (Å²) in [6, 6.07) is 12.5. The molecule has 0 spiro atoms. The maximum Gasteiger partial charge on any atom is 0.135 e. The molecule has 0 aliphatic heterocycles. The van der Waals surface area contributed by atoms with Gasteiger partial charge in [0.2, 0.25) is 0 Å². The lowest BCUT2D eigenvalue weighted by Crippen LogP contribution is -2.05. The summed E-state index contributed by atoms with van der Waals surface area (Å²) in [6.07, 6.45) is 1.64. The summed E-state index contributed by atoms with van der Waals surface area (Å²) in [6.45, 7) is 0. The van der Waals surface area contributed by atoms with E-state index in [-0.39, 0.29) is 0 Å². The number of nitrogens with zero attached hydrogens (tertiary/aromatic N) is 2.